The zero-order valence-corrected chi connectivity index (χ0v) is 12.8. The molecule has 1 aromatic heterocycles. The second-order valence-electron chi connectivity index (χ2n) is 5.62. The van der Waals surface area contributed by atoms with Gasteiger partial charge in [-0.2, -0.15) is 0 Å². The zero-order chi connectivity index (χ0) is 15.6. The first-order valence-corrected chi connectivity index (χ1v) is 7.69. The van der Waals surface area contributed by atoms with E-state index in [1.54, 1.807) is 22.9 Å². The van der Waals surface area contributed by atoms with Gasteiger partial charge in [0.25, 0.3) is 5.56 Å². The van der Waals surface area contributed by atoms with Crippen LogP contribution in [0.25, 0.3) is 0 Å². The minimum absolute atomic E-state index is 0.0479. The molecule has 0 aliphatic heterocycles. The molecule has 0 saturated heterocycles. The average molecular weight is 317 g/mol. The maximum Gasteiger partial charge on any atom is 0.250 e. The number of rotatable bonds is 5. The van der Waals surface area contributed by atoms with E-state index in [1.807, 2.05) is 24.3 Å². The molecule has 0 atom stereocenters. The van der Waals surface area contributed by atoms with E-state index < -0.39 is 0 Å². The van der Waals surface area contributed by atoms with Gasteiger partial charge in [0.2, 0.25) is 5.91 Å². The summed E-state index contributed by atoms with van der Waals surface area (Å²) in [4.78, 5) is 23.8. The Balaban J connectivity index is 1.63. The van der Waals surface area contributed by atoms with Crippen LogP contribution in [0.3, 0.4) is 0 Å². The lowest BCUT2D eigenvalue weighted by molar-refractivity contribution is -0.122. The van der Waals surface area contributed by atoms with E-state index in [4.69, 9.17) is 11.6 Å². The maximum atomic E-state index is 12.2. The highest BCUT2D eigenvalue weighted by molar-refractivity contribution is 6.30. The summed E-state index contributed by atoms with van der Waals surface area (Å²) >= 11 is 6.02. The van der Waals surface area contributed by atoms with Gasteiger partial charge in [0.1, 0.15) is 0 Å². The molecule has 1 aliphatic carbocycles. The molecule has 0 radical (unpaired) electrons. The Hall–Kier alpha value is -2.07. The molecule has 1 heterocycles. The Kier molecular flexibility index (Phi) is 4.03. The lowest BCUT2D eigenvalue weighted by atomic mass is 10.0. The lowest BCUT2D eigenvalue weighted by Gasteiger charge is -2.18. The third kappa shape index (κ3) is 3.22. The quantitative estimate of drug-likeness (QED) is 0.922. The summed E-state index contributed by atoms with van der Waals surface area (Å²) in [6, 6.07) is 12.6. The fraction of sp³-hybridized carbons (Fsp3) is 0.294. The third-order valence-electron chi connectivity index (χ3n) is 3.98. The second kappa shape index (κ2) is 5.97. The normalized spacial score (nSPS) is 15.3. The highest BCUT2D eigenvalue weighted by atomic mass is 35.5. The van der Waals surface area contributed by atoms with Crippen molar-refractivity contribution in [3.8, 4) is 0 Å². The summed E-state index contributed by atoms with van der Waals surface area (Å²) < 4.78 is 1.54. The van der Waals surface area contributed by atoms with Gasteiger partial charge in [-0.15, -0.1) is 0 Å². The van der Waals surface area contributed by atoms with Crippen molar-refractivity contribution in [2.24, 2.45) is 0 Å². The second-order valence-corrected chi connectivity index (χ2v) is 6.06. The largest absolute Gasteiger partial charge is 0.347 e. The molecule has 3 rings (SSSR count). The third-order valence-corrected chi connectivity index (χ3v) is 4.22. The Labute approximate surface area is 133 Å². The molecule has 2 aromatic rings. The van der Waals surface area contributed by atoms with Crippen LogP contribution < -0.4 is 10.9 Å². The van der Waals surface area contributed by atoms with E-state index >= 15 is 0 Å². The Bertz CT molecular complexity index is 750. The van der Waals surface area contributed by atoms with Crippen molar-refractivity contribution in [3.63, 3.8) is 0 Å². The summed E-state index contributed by atoms with van der Waals surface area (Å²) in [7, 11) is 0. The standard InChI is InChI=1S/C17H17ClN2O2/c18-14-5-3-4-13(12-14)17(8-9-17)19-15(21)7-11-20-10-2-1-6-16(20)22/h1-6,10,12H,7-9,11H2,(H,19,21). The van der Waals surface area contributed by atoms with E-state index in [9.17, 15) is 9.59 Å². The summed E-state index contributed by atoms with van der Waals surface area (Å²) in [5.41, 5.74) is 0.681. The molecule has 1 N–H and O–H groups in total. The van der Waals surface area contributed by atoms with E-state index in [0.717, 1.165) is 18.4 Å². The van der Waals surface area contributed by atoms with Gasteiger partial charge in [-0.05, 0) is 36.6 Å². The minimum atomic E-state index is -0.274. The van der Waals surface area contributed by atoms with Crippen LogP contribution in [0.5, 0.6) is 0 Å². The molecule has 1 amide bonds. The summed E-state index contributed by atoms with van der Waals surface area (Å²) in [5, 5.41) is 3.76. The van der Waals surface area contributed by atoms with Gasteiger partial charge in [-0.1, -0.05) is 29.8 Å². The Morgan fingerprint density at radius 2 is 2.05 bits per heavy atom. The van der Waals surface area contributed by atoms with Crippen molar-refractivity contribution in [2.45, 2.75) is 31.3 Å². The fourth-order valence-electron chi connectivity index (χ4n) is 2.59. The number of hydrogen-bond donors (Lipinski definition) is 1. The predicted octanol–water partition coefficient (Wildman–Crippen LogP) is 2.70. The molecule has 4 nitrogen and oxygen atoms in total. The van der Waals surface area contributed by atoms with Gasteiger partial charge in [-0.25, -0.2) is 0 Å². The van der Waals surface area contributed by atoms with Crippen LogP contribution in [0, 0.1) is 0 Å². The smallest absolute Gasteiger partial charge is 0.250 e. The van der Waals surface area contributed by atoms with Crippen LogP contribution in [0.15, 0.2) is 53.5 Å². The number of halogens is 1. The number of aryl methyl sites for hydroxylation is 1. The van der Waals surface area contributed by atoms with Gasteiger partial charge in [0.15, 0.2) is 0 Å². The van der Waals surface area contributed by atoms with Gasteiger partial charge in [-0.3, -0.25) is 9.59 Å². The molecule has 1 saturated carbocycles. The highest BCUT2D eigenvalue weighted by Crippen LogP contribution is 2.46. The number of nitrogens with zero attached hydrogens (tertiary/aromatic N) is 1. The molecular formula is C17H17ClN2O2. The molecule has 22 heavy (non-hydrogen) atoms. The maximum absolute atomic E-state index is 12.2. The number of benzene rings is 1. The first-order valence-electron chi connectivity index (χ1n) is 7.32. The van der Waals surface area contributed by atoms with Crippen LogP contribution >= 0.6 is 11.6 Å². The number of carbonyl (C=O) groups is 1. The molecule has 1 aliphatic rings. The number of aromatic nitrogens is 1. The number of pyridine rings is 1. The Morgan fingerprint density at radius 3 is 2.73 bits per heavy atom. The Morgan fingerprint density at radius 1 is 1.23 bits per heavy atom. The van der Waals surface area contributed by atoms with Crippen LogP contribution in [-0.4, -0.2) is 10.5 Å². The van der Waals surface area contributed by atoms with Crippen LogP contribution in [0.1, 0.15) is 24.8 Å². The van der Waals surface area contributed by atoms with Gasteiger partial charge in [0.05, 0.1) is 5.54 Å². The first kappa shape index (κ1) is 14.9. The van der Waals surface area contributed by atoms with E-state index in [-0.39, 0.29) is 23.4 Å². The van der Waals surface area contributed by atoms with E-state index in [0.29, 0.717) is 11.6 Å². The average Bonchev–Trinajstić information content (AvgIpc) is 3.27. The van der Waals surface area contributed by atoms with Gasteiger partial charge >= 0.3 is 0 Å². The first-order chi connectivity index (χ1) is 10.6. The molecule has 5 heteroatoms. The molecular weight excluding hydrogens is 300 g/mol. The fourth-order valence-corrected chi connectivity index (χ4v) is 2.78. The number of hydrogen-bond acceptors (Lipinski definition) is 2. The predicted molar refractivity (Wildman–Crippen MR) is 85.8 cm³/mol. The van der Waals surface area contributed by atoms with Crippen LogP contribution in [0.2, 0.25) is 5.02 Å². The van der Waals surface area contributed by atoms with Crippen molar-refractivity contribution in [3.05, 3.63) is 69.6 Å². The lowest BCUT2D eigenvalue weighted by Crippen LogP contribution is -2.35. The zero-order valence-electron chi connectivity index (χ0n) is 12.1. The van der Waals surface area contributed by atoms with Crippen LogP contribution in [0.4, 0.5) is 0 Å². The SMILES string of the molecule is O=C(CCn1ccccc1=O)NC1(c2cccc(Cl)c2)CC1. The highest BCUT2D eigenvalue weighted by Gasteiger charge is 2.45. The van der Waals surface area contributed by atoms with Crippen molar-refractivity contribution in [2.75, 3.05) is 0 Å². The minimum Gasteiger partial charge on any atom is -0.347 e. The van der Waals surface area contributed by atoms with Gasteiger partial charge in [0, 0.05) is 30.3 Å². The molecule has 1 aromatic carbocycles. The van der Waals surface area contributed by atoms with Crippen molar-refractivity contribution in [1.82, 2.24) is 9.88 Å². The van der Waals surface area contributed by atoms with Crippen LogP contribution in [-0.2, 0) is 16.9 Å². The summed E-state index contributed by atoms with van der Waals surface area (Å²) in [5.74, 6) is -0.0479. The monoisotopic (exact) mass is 316 g/mol. The number of nitrogens with one attached hydrogen (secondary N) is 1. The summed E-state index contributed by atoms with van der Waals surface area (Å²) in [6.07, 6.45) is 3.82. The summed E-state index contributed by atoms with van der Waals surface area (Å²) in [6.45, 7) is 0.386. The number of carbonyl (C=O) groups excluding carboxylic acids is 1. The molecule has 114 valence electrons. The molecule has 1 fully saturated rings. The van der Waals surface area contributed by atoms with E-state index in [1.165, 1.54) is 6.07 Å². The molecule has 0 bridgehead atoms. The number of amides is 1. The van der Waals surface area contributed by atoms with Crippen molar-refractivity contribution < 1.29 is 4.79 Å². The van der Waals surface area contributed by atoms with Crippen molar-refractivity contribution >= 4 is 17.5 Å². The molecule has 0 unspecified atom stereocenters. The van der Waals surface area contributed by atoms with Gasteiger partial charge < -0.3 is 9.88 Å². The molecule has 0 spiro atoms. The topological polar surface area (TPSA) is 51.1 Å². The van der Waals surface area contributed by atoms with Crippen molar-refractivity contribution in [1.29, 1.82) is 0 Å². The van der Waals surface area contributed by atoms with E-state index in [2.05, 4.69) is 5.32 Å².